The lowest BCUT2D eigenvalue weighted by Crippen LogP contribution is -2.61. The third kappa shape index (κ3) is 6.96. The molecule has 1 saturated carbocycles. The van der Waals surface area contributed by atoms with E-state index in [1.807, 2.05) is 6.92 Å². The van der Waals surface area contributed by atoms with Crippen molar-refractivity contribution in [1.82, 2.24) is 4.90 Å². The number of carbonyl (C=O) groups is 2. The number of carboxylic acid groups (broad SMARTS) is 1. The molecule has 2 fully saturated rings. The number of rotatable bonds is 11. The van der Waals surface area contributed by atoms with Gasteiger partial charge in [0.1, 0.15) is 6.10 Å². The fraction of sp³-hybridized carbons (Fsp3) is 0.556. The van der Waals surface area contributed by atoms with Crippen LogP contribution in [0.25, 0.3) is 0 Å². The van der Waals surface area contributed by atoms with E-state index >= 15 is 0 Å². The minimum atomic E-state index is -3.57. The Morgan fingerprint density at radius 3 is 2.35 bits per heavy atom. The van der Waals surface area contributed by atoms with E-state index in [0.717, 1.165) is 18.4 Å². The number of sulfone groups is 1. The monoisotopic (exact) mass is 571 g/mol. The molecule has 1 aromatic carbocycles. The number of benzene rings is 1. The highest BCUT2D eigenvalue weighted by Gasteiger charge is 2.53. The molecule has 5 unspecified atom stereocenters. The molecule has 0 aromatic heterocycles. The SMILES string of the molecule is CC=CC(Cl)=CCC1OC(CC(=O)O)C(=O)N(C(C2CC2)C(C)S(=O)(=O)C(C)C)C1c1ccc(Cl)cc1. The molecule has 1 amide bonds. The molecule has 2 aliphatic rings. The summed E-state index contributed by atoms with van der Waals surface area (Å²) in [6.45, 7) is 6.77. The molecule has 204 valence electrons. The Morgan fingerprint density at radius 1 is 1.22 bits per heavy atom. The first-order chi connectivity index (χ1) is 17.4. The first-order valence-electron chi connectivity index (χ1n) is 12.5. The smallest absolute Gasteiger partial charge is 0.306 e. The number of nitrogens with zero attached hydrogens (tertiary/aromatic N) is 1. The maximum atomic E-state index is 13.9. The van der Waals surface area contributed by atoms with Crippen molar-refractivity contribution in [2.45, 2.75) is 88.2 Å². The first-order valence-corrected chi connectivity index (χ1v) is 14.9. The molecule has 0 bridgehead atoms. The fourth-order valence-corrected chi connectivity index (χ4v) is 6.97. The summed E-state index contributed by atoms with van der Waals surface area (Å²) in [6.07, 6.45) is 4.75. The number of morpholine rings is 1. The summed E-state index contributed by atoms with van der Waals surface area (Å²) < 4.78 is 32.9. The lowest BCUT2D eigenvalue weighted by atomic mass is 9.90. The van der Waals surface area contributed by atoms with Crippen LogP contribution in [0.5, 0.6) is 0 Å². The standard InChI is InChI=1S/C27H35Cl2NO6S/c1-5-6-20(28)13-14-22-26(19-9-11-21(29)12-10-19)30(27(33)23(36-22)15-24(31)32)25(18-7-8-18)17(4)37(34,35)16(2)3/h5-6,9-13,16-18,22-23,25-26H,7-8,14-15H2,1-4H3,(H,31,32). The molecular weight excluding hydrogens is 537 g/mol. The van der Waals surface area contributed by atoms with E-state index in [9.17, 15) is 23.1 Å². The molecule has 0 radical (unpaired) electrons. The van der Waals surface area contributed by atoms with Crippen molar-refractivity contribution in [3.05, 3.63) is 58.1 Å². The minimum absolute atomic E-state index is 0.00587. The molecule has 1 aliphatic heterocycles. The summed E-state index contributed by atoms with van der Waals surface area (Å²) in [5.74, 6) is -1.69. The van der Waals surface area contributed by atoms with Crippen LogP contribution < -0.4 is 0 Å². The molecule has 1 saturated heterocycles. The van der Waals surface area contributed by atoms with Crippen molar-refractivity contribution < 1.29 is 27.9 Å². The van der Waals surface area contributed by atoms with Crippen LogP contribution in [0.15, 0.2) is 47.5 Å². The van der Waals surface area contributed by atoms with Crippen LogP contribution in [-0.2, 0) is 24.2 Å². The zero-order chi connectivity index (χ0) is 27.5. The summed E-state index contributed by atoms with van der Waals surface area (Å²) >= 11 is 12.5. The summed E-state index contributed by atoms with van der Waals surface area (Å²) in [7, 11) is -3.57. The van der Waals surface area contributed by atoms with E-state index in [1.165, 1.54) is 0 Å². The molecule has 1 heterocycles. The van der Waals surface area contributed by atoms with Crippen LogP contribution in [0.4, 0.5) is 0 Å². The van der Waals surface area contributed by atoms with Gasteiger partial charge in [-0.3, -0.25) is 9.59 Å². The Morgan fingerprint density at radius 2 is 1.84 bits per heavy atom. The van der Waals surface area contributed by atoms with Gasteiger partial charge >= 0.3 is 5.97 Å². The molecule has 37 heavy (non-hydrogen) atoms. The van der Waals surface area contributed by atoms with E-state index in [4.69, 9.17) is 27.9 Å². The van der Waals surface area contributed by atoms with Gasteiger partial charge in [0.05, 0.1) is 35.1 Å². The summed E-state index contributed by atoms with van der Waals surface area (Å²) in [4.78, 5) is 27.2. The van der Waals surface area contributed by atoms with Crippen LogP contribution >= 0.6 is 23.2 Å². The predicted octanol–water partition coefficient (Wildman–Crippen LogP) is 5.53. The van der Waals surface area contributed by atoms with Crippen molar-refractivity contribution in [3.63, 3.8) is 0 Å². The molecular formula is C27H35Cl2NO6S. The molecule has 1 aliphatic carbocycles. The van der Waals surface area contributed by atoms with Crippen molar-refractivity contribution in [1.29, 1.82) is 0 Å². The number of hydrogen-bond donors (Lipinski definition) is 1. The van der Waals surface area contributed by atoms with Gasteiger partial charge in [0.25, 0.3) is 5.91 Å². The van der Waals surface area contributed by atoms with E-state index < -0.39 is 62.9 Å². The Balaban J connectivity index is 2.18. The summed E-state index contributed by atoms with van der Waals surface area (Å²) in [5, 5.41) is 9.06. The highest BCUT2D eigenvalue weighted by atomic mass is 35.5. The van der Waals surface area contributed by atoms with Gasteiger partial charge in [-0.05, 0) is 76.6 Å². The van der Waals surface area contributed by atoms with Crippen LogP contribution in [0.2, 0.25) is 5.02 Å². The average molecular weight is 573 g/mol. The zero-order valence-corrected chi connectivity index (χ0v) is 23.8. The van der Waals surface area contributed by atoms with E-state index in [-0.39, 0.29) is 5.92 Å². The van der Waals surface area contributed by atoms with E-state index in [0.29, 0.717) is 16.5 Å². The van der Waals surface area contributed by atoms with Gasteiger partial charge in [-0.2, -0.15) is 0 Å². The van der Waals surface area contributed by atoms with Gasteiger partial charge in [0.2, 0.25) is 0 Å². The molecule has 1 aromatic rings. The normalized spacial score (nSPS) is 25.1. The Bertz CT molecular complexity index is 1140. The minimum Gasteiger partial charge on any atom is -0.481 e. The number of amides is 1. The van der Waals surface area contributed by atoms with E-state index in [1.54, 1.807) is 68.2 Å². The van der Waals surface area contributed by atoms with Crippen LogP contribution in [-0.4, -0.2) is 59.1 Å². The maximum absolute atomic E-state index is 13.9. The second-order valence-electron chi connectivity index (χ2n) is 10.00. The lowest BCUT2D eigenvalue weighted by Gasteiger charge is -2.49. The average Bonchev–Trinajstić information content (AvgIpc) is 3.66. The van der Waals surface area contributed by atoms with Gasteiger partial charge < -0.3 is 14.7 Å². The Kier molecular flexibility index (Phi) is 9.89. The van der Waals surface area contributed by atoms with Crippen molar-refractivity contribution in [3.8, 4) is 0 Å². The third-order valence-corrected chi connectivity index (χ3v) is 10.2. The fourth-order valence-electron chi connectivity index (χ4n) is 5.03. The van der Waals surface area contributed by atoms with Gasteiger partial charge in [-0.25, -0.2) is 8.42 Å². The van der Waals surface area contributed by atoms with Gasteiger partial charge in [0, 0.05) is 10.1 Å². The number of carbonyl (C=O) groups excluding carboxylic acids is 1. The van der Waals surface area contributed by atoms with Gasteiger partial charge in [0.15, 0.2) is 9.84 Å². The number of carboxylic acids is 1. The number of ether oxygens (including phenoxy) is 1. The number of allylic oxidation sites excluding steroid dienone is 3. The molecule has 1 N–H and O–H groups in total. The van der Waals surface area contributed by atoms with Crippen LogP contribution in [0, 0.1) is 5.92 Å². The molecule has 7 nitrogen and oxygen atoms in total. The number of halogens is 2. The predicted molar refractivity (Wildman–Crippen MR) is 145 cm³/mol. The molecule has 5 atom stereocenters. The second kappa shape index (κ2) is 12.3. The summed E-state index contributed by atoms with van der Waals surface area (Å²) in [6, 6.07) is 5.73. The largest absolute Gasteiger partial charge is 0.481 e. The topological polar surface area (TPSA) is 101 Å². The first kappa shape index (κ1) is 29.7. The second-order valence-corrected chi connectivity index (χ2v) is 13.7. The lowest BCUT2D eigenvalue weighted by molar-refractivity contribution is -0.182. The van der Waals surface area contributed by atoms with Gasteiger partial charge in [-0.1, -0.05) is 47.5 Å². The molecule has 10 heteroatoms. The quantitative estimate of drug-likeness (QED) is 0.350. The zero-order valence-electron chi connectivity index (χ0n) is 21.5. The van der Waals surface area contributed by atoms with Crippen LogP contribution in [0.1, 0.15) is 65.0 Å². The maximum Gasteiger partial charge on any atom is 0.306 e. The molecule has 0 spiro atoms. The Labute approximate surface area is 229 Å². The van der Waals surface area contributed by atoms with Crippen LogP contribution in [0.3, 0.4) is 0 Å². The van der Waals surface area contributed by atoms with E-state index in [2.05, 4.69) is 0 Å². The highest BCUT2D eigenvalue weighted by molar-refractivity contribution is 7.92. The van der Waals surface area contributed by atoms with Gasteiger partial charge in [-0.15, -0.1) is 0 Å². The Hall–Kier alpha value is -1.87. The van der Waals surface area contributed by atoms with Crippen molar-refractivity contribution in [2.75, 3.05) is 0 Å². The summed E-state index contributed by atoms with van der Waals surface area (Å²) in [5.41, 5.74) is 0.729. The third-order valence-electron chi connectivity index (χ3n) is 7.05. The molecule has 3 rings (SSSR count). The van der Waals surface area contributed by atoms with Crippen molar-refractivity contribution in [2.24, 2.45) is 5.92 Å². The number of hydrogen-bond acceptors (Lipinski definition) is 5. The van der Waals surface area contributed by atoms with Crippen molar-refractivity contribution >= 4 is 44.9 Å². The highest BCUT2D eigenvalue weighted by Crippen LogP contribution is 2.46. The number of aliphatic carboxylic acids is 1.